The molecule has 0 aromatic rings. The summed E-state index contributed by atoms with van der Waals surface area (Å²) in [6.45, 7) is 7.10. The lowest BCUT2D eigenvalue weighted by molar-refractivity contribution is -0.125. The van der Waals surface area contributed by atoms with Crippen LogP contribution in [-0.4, -0.2) is 35.0 Å². The van der Waals surface area contributed by atoms with E-state index >= 15 is 0 Å². The highest BCUT2D eigenvalue weighted by Gasteiger charge is 2.37. The van der Waals surface area contributed by atoms with Gasteiger partial charge in [-0.05, 0) is 51.8 Å². The van der Waals surface area contributed by atoms with E-state index in [2.05, 4.69) is 10.6 Å². The van der Waals surface area contributed by atoms with Crippen LogP contribution in [-0.2, 0) is 4.79 Å². The minimum atomic E-state index is -0.127. The van der Waals surface area contributed by atoms with Gasteiger partial charge in [0.25, 0.3) is 0 Å². The summed E-state index contributed by atoms with van der Waals surface area (Å²) in [5.74, 6) is 2.23. The van der Waals surface area contributed by atoms with Gasteiger partial charge in [0.05, 0.1) is 6.04 Å². The lowest BCUT2D eigenvalue weighted by atomic mass is 9.92. The van der Waals surface area contributed by atoms with Gasteiger partial charge in [-0.1, -0.05) is 0 Å². The number of fused-ring (bicyclic) bond motifs is 1. The molecule has 2 aliphatic heterocycles. The summed E-state index contributed by atoms with van der Waals surface area (Å²) in [7, 11) is 0. The van der Waals surface area contributed by atoms with Gasteiger partial charge in [-0.2, -0.15) is 11.8 Å². The Morgan fingerprint density at radius 2 is 2.19 bits per heavy atom. The number of hydrogen-bond donors (Lipinski definition) is 2. The third-order valence-electron chi connectivity index (χ3n) is 3.26. The van der Waals surface area contributed by atoms with E-state index in [0.717, 1.165) is 18.9 Å². The topological polar surface area (TPSA) is 41.1 Å². The molecule has 2 rings (SSSR count). The van der Waals surface area contributed by atoms with E-state index in [1.165, 1.54) is 12.2 Å². The summed E-state index contributed by atoms with van der Waals surface area (Å²) < 4.78 is 0. The SMILES string of the molecule is CC(C)(C)NC(=O)C1C[C@@H]2SCC[C@@H]2CN1. The first-order chi connectivity index (χ1) is 7.46. The zero-order valence-electron chi connectivity index (χ0n) is 10.4. The number of rotatable bonds is 1. The van der Waals surface area contributed by atoms with Crippen LogP contribution < -0.4 is 10.6 Å². The summed E-state index contributed by atoms with van der Waals surface area (Å²) in [6, 6.07) is 0.0195. The van der Waals surface area contributed by atoms with Crippen LogP contribution in [0.2, 0.25) is 0 Å². The monoisotopic (exact) mass is 242 g/mol. The Morgan fingerprint density at radius 3 is 2.88 bits per heavy atom. The molecule has 2 N–H and O–H groups in total. The molecule has 1 amide bonds. The van der Waals surface area contributed by atoms with Gasteiger partial charge < -0.3 is 10.6 Å². The third-order valence-corrected chi connectivity index (χ3v) is 4.73. The summed E-state index contributed by atoms with van der Waals surface area (Å²) in [5, 5.41) is 7.15. The van der Waals surface area contributed by atoms with Crippen molar-refractivity contribution in [2.45, 2.75) is 50.4 Å². The molecule has 0 aliphatic carbocycles. The average Bonchev–Trinajstić information content (AvgIpc) is 2.61. The van der Waals surface area contributed by atoms with Crippen LogP contribution in [0.5, 0.6) is 0 Å². The van der Waals surface area contributed by atoms with Crippen LogP contribution in [0.1, 0.15) is 33.6 Å². The number of piperidine rings is 1. The molecule has 0 radical (unpaired) electrons. The van der Waals surface area contributed by atoms with Crippen molar-refractivity contribution in [1.82, 2.24) is 10.6 Å². The molecular weight excluding hydrogens is 220 g/mol. The maximum atomic E-state index is 12.0. The van der Waals surface area contributed by atoms with Gasteiger partial charge >= 0.3 is 0 Å². The Kier molecular flexibility index (Phi) is 3.50. The molecule has 3 nitrogen and oxygen atoms in total. The fourth-order valence-electron chi connectivity index (χ4n) is 2.45. The van der Waals surface area contributed by atoms with Crippen molar-refractivity contribution >= 4 is 17.7 Å². The summed E-state index contributed by atoms with van der Waals surface area (Å²) in [6.07, 6.45) is 2.31. The van der Waals surface area contributed by atoms with E-state index in [1.54, 1.807) is 0 Å². The van der Waals surface area contributed by atoms with Crippen LogP contribution >= 0.6 is 11.8 Å². The number of hydrogen-bond acceptors (Lipinski definition) is 3. The summed E-state index contributed by atoms with van der Waals surface area (Å²) in [4.78, 5) is 12.0. The van der Waals surface area contributed by atoms with Crippen molar-refractivity contribution in [3.63, 3.8) is 0 Å². The Bertz CT molecular complexity index is 275. The second kappa shape index (κ2) is 4.57. The number of carbonyl (C=O) groups is 1. The first-order valence-electron chi connectivity index (χ1n) is 6.13. The van der Waals surface area contributed by atoms with E-state index in [0.29, 0.717) is 5.25 Å². The zero-order valence-corrected chi connectivity index (χ0v) is 11.2. The largest absolute Gasteiger partial charge is 0.350 e. The Morgan fingerprint density at radius 1 is 1.44 bits per heavy atom. The third kappa shape index (κ3) is 2.92. The van der Waals surface area contributed by atoms with Crippen molar-refractivity contribution in [3.8, 4) is 0 Å². The van der Waals surface area contributed by atoms with E-state index < -0.39 is 0 Å². The summed E-state index contributed by atoms with van der Waals surface area (Å²) in [5.41, 5.74) is -0.127. The molecule has 0 bridgehead atoms. The Hall–Kier alpha value is -0.220. The molecule has 16 heavy (non-hydrogen) atoms. The molecule has 2 aliphatic rings. The molecule has 0 saturated carbocycles. The van der Waals surface area contributed by atoms with E-state index in [1.807, 2.05) is 32.5 Å². The molecule has 3 atom stereocenters. The highest BCUT2D eigenvalue weighted by Crippen LogP contribution is 2.37. The Balaban J connectivity index is 1.89. The molecule has 4 heteroatoms. The van der Waals surface area contributed by atoms with Gasteiger partial charge in [0.2, 0.25) is 5.91 Å². The average molecular weight is 242 g/mol. The highest BCUT2D eigenvalue weighted by atomic mass is 32.2. The van der Waals surface area contributed by atoms with Gasteiger partial charge in [0.15, 0.2) is 0 Å². The molecule has 1 unspecified atom stereocenters. The van der Waals surface area contributed by atoms with Crippen LogP contribution in [0, 0.1) is 5.92 Å². The van der Waals surface area contributed by atoms with Crippen molar-refractivity contribution in [2.24, 2.45) is 5.92 Å². The van der Waals surface area contributed by atoms with E-state index in [4.69, 9.17) is 0 Å². The van der Waals surface area contributed by atoms with Gasteiger partial charge in [-0.25, -0.2) is 0 Å². The molecule has 2 saturated heterocycles. The fourth-order valence-corrected chi connectivity index (χ4v) is 4.03. The lowest BCUT2D eigenvalue weighted by Gasteiger charge is -2.33. The summed E-state index contributed by atoms with van der Waals surface area (Å²) >= 11 is 2.05. The quantitative estimate of drug-likeness (QED) is 0.730. The molecule has 0 aromatic heterocycles. The van der Waals surface area contributed by atoms with Crippen molar-refractivity contribution in [1.29, 1.82) is 0 Å². The second-order valence-corrected chi connectivity index (χ2v) is 7.24. The second-order valence-electron chi connectivity index (χ2n) is 5.89. The normalized spacial score (nSPS) is 34.6. The first kappa shape index (κ1) is 12.2. The predicted molar refractivity (Wildman–Crippen MR) is 68.7 cm³/mol. The predicted octanol–water partition coefficient (Wildman–Crippen LogP) is 1.38. The molecular formula is C12H22N2OS. The number of carbonyl (C=O) groups excluding carboxylic acids is 1. The van der Waals surface area contributed by atoms with E-state index in [-0.39, 0.29) is 17.5 Å². The Labute approximate surface area is 102 Å². The zero-order chi connectivity index (χ0) is 11.8. The molecule has 2 heterocycles. The van der Waals surface area contributed by atoms with Crippen LogP contribution in [0.3, 0.4) is 0 Å². The number of nitrogens with one attached hydrogen (secondary N) is 2. The van der Waals surface area contributed by atoms with Crippen LogP contribution in [0.25, 0.3) is 0 Å². The van der Waals surface area contributed by atoms with Crippen LogP contribution in [0.15, 0.2) is 0 Å². The van der Waals surface area contributed by atoms with Gasteiger partial charge in [0.1, 0.15) is 0 Å². The molecule has 92 valence electrons. The van der Waals surface area contributed by atoms with Crippen molar-refractivity contribution in [2.75, 3.05) is 12.3 Å². The van der Waals surface area contributed by atoms with E-state index in [9.17, 15) is 4.79 Å². The van der Waals surface area contributed by atoms with Crippen molar-refractivity contribution in [3.05, 3.63) is 0 Å². The number of thioether (sulfide) groups is 1. The maximum absolute atomic E-state index is 12.0. The molecule has 0 spiro atoms. The fraction of sp³-hybridized carbons (Fsp3) is 0.917. The molecule has 0 aromatic carbocycles. The lowest BCUT2D eigenvalue weighted by Crippen LogP contribution is -2.55. The van der Waals surface area contributed by atoms with Crippen LogP contribution in [0.4, 0.5) is 0 Å². The minimum absolute atomic E-state index is 0.0195. The van der Waals surface area contributed by atoms with Gasteiger partial charge in [0, 0.05) is 10.8 Å². The minimum Gasteiger partial charge on any atom is -0.350 e. The first-order valence-corrected chi connectivity index (χ1v) is 7.17. The van der Waals surface area contributed by atoms with Crippen molar-refractivity contribution < 1.29 is 4.79 Å². The van der Waals surface area contributed by atoms with Gasteiger partial charge in [-0.15, -0.1) is 0 Å². The maximum Gasteiger partial charge on any atom is 0.237 e. The van der Waals surface area contributed by atoms with Gasteiger partial charge in [-0.3, -0.25) is 4.79 Å². The molecule has 2 fully saturated rings. The number of amides is 1. The standard InChI is InChI=1S/C12H22N2OS/c1-12(2,3)14-11(15)9-6-10-8(7-13-9)4-5-16-10/h8-10,13H,4-7H2,1-3H3,(H,14,15)/t8-,9?,10+/m1/s1. The highest BCUT2D eigenvalue weighted by molar-refractivity contribution is 8.00. The smallest absolute Gasteiger partial charge is 0.237 e.